The van der Waals surface area contributed by atoms with Crippen molar-refractivity contribution in [1.29, 1.82) is 0 Å². The zero-order valence-electron chi connectivity index (χ0n) is 22.1. The van der Waals surface area contributed by atoms with Crippen molar-refractivity contribution in [1.82, 2.24) is 29.4 Å². The Kier molecular flexibility index (Phi) is 6.69. The molecule has 1 saturated heterocycles. The maximum atomic E-state index is 13.8. The van der Waals surface area contributed by atoms with Gasteiger partial charge in [0.25, 0.3) is 11.8 Å². The lowest BCUT2D eigenvalue weighted by molar-refractivity contribution is -0.138. The van der Waals surface area contributed by atoms with Crippen molar-refractivity contribution in [2.75, 3.05) is 13.1 Å². The molecule has 2 atom stereocenters. The minimum absolute atomic E-state index is 0.152. The molecule has 204 valence electrons. The summed E-state index contributed by atoms with van der Waals surface area (Å²) in [5.41, 5.74) is 2.17. The molecule has 8 nitrogen and oxygen atoms in total. The van der Waals surface area contributed by atoms with E-state index in [1.54, 1.807) is 17.3 Å². The number of piperidine rings is 1. The molecule has 4 heterocycles. The third-order valence-corrected chi connectivity index (χ3v) is 7.39. The number of alkyl halides is 3. The number of likely N-dealkylation sites (tertiary alicyclic amines) is 1. The molecule has 0 bridgehead atoms. The van der Waals surface area contributed by atoms with Gasteiger partial charge in [-0.25, -0.2) is 4.98 Å². The number of rotatable bonds is 4. The predicted molar refractivity (Wildman–Crippen MR) is 139 cm³/mol. The second kappa shape index (κ2) is 9.87. The highest BCUT2D eigenvalue weighted by Crippen LogP contribution is 2.35. The number of fused-ring (bicyclic) bond motifs is 1. The van der Waals surface area contributed by atoms with E-state index in [-0.39, 0.29) is 17.5 Å². The average Bonchev–Trinajstić information content (AvgIpc) is 3.42. The van der Waals surface area contributed by atoms with Crippen LogP contribution in [0.3, 0.4) is 0 Å². The number of pyridine rings is 1. The third kappa shape index (κ3) is 4.88. The first kappa shape index (κ1) is 26.5. The summed E-state index contributed by atoms with van der Waals surface area (Å²) in [6.07, 6.45) is -0.807. The van der Waals surface area contributed by atoms with Crippen LogP contribution in [0, 0.1) is 20.8 Å². The Morgan fingerprint density at radius 1 is 1.10 bits per heavy atom. The second-order valence-electron chi connectivity index (χ2n) is 10.1. The Labute approximate surface area is 223 Å². The van der Waals surface area contributed by atoms with E-state index < -0.39 is 29.4 Å². The zero-order chi connectivity index (χ0) is 28.1. The Morgan fingerprint density at radius 2 is 1.82 bits per heavy atom. The van der Waals surface area contributed by atoms with Crippen molar-refractivity contribution in [3.63, 3.8) is 0 Å². The van der Waals surface area contributed by atoms with E-state index in [1.165, 1.54) is 14.0 Å². The molecule has 1 aromatic carbocycles. The molecule has 39 heavy (non-hydrogen) atoms. The minimum atomic E-state index is -4.72. The van der Waals surface area contributed by atoms with Crippen LogP contribution < -0.4 is 5.32 Å². The normalized spacial score (nSPS) is 18.0. The first-order valence-electron chi connectivity index (χ1n) is 12.7. The van der Waals surface area contributed by atoms with Gasteiger partial charge in [-0.1, -0.05) is 30.3 Å². The first-order valence-corrected chi connectivity index (χ1v) is 12.7. The fraction of sp³-hybridized carbons (Fsp3) is 0.357. The molecular weight excluding hydrogens is 509 g/mol. The summed E-state index contributed by atoms with van der Waals surface area (Å²) in [7, 11) is 1.33. The van der Waals surface area contributed by atoms with Crippen molar-refractivity contribution in [2.24, 2.45) is 7.05 Å². The molecule has 0 radical (unpaired) electrons. The lowest BCUT2D eigenvalue weighted by atomic mass is 9.85. The van der Waals surface area contributed by atoms with Gasteiger partial charge in [-0.05, 0) is 44.4 Å². The molecule has 2 amide bonds. The molecule has 3 aromatic heterocycles. The van der Waals surface area contributed by atoms with E-state index in [0.29, 0.717) is 25.1 Å². The highest BCUT2D eigenvalue weighted by molar-refractivity contribution is 5.96. The van der Waals surface area contributed by atoms with Gasteiger partial charge in [-0.3, -0.25) is 14.3 Å². The Bertz CT molecular complexity index is 1560. The summed E-state index contributed by atoms with van der Waals surface area (Å²) in [6, 6.07) is 10.7. The number of benzene rings is 1. The maximum absolute atomic E-state index is 13.8. The fourth-order valence-electron chi connectivity index (χ4n) is 5.52. The Balaban J connectivity index is 1.43. The van der Waals surface area contributed by atoms with Gasteiger partial charge in [0.1, 0.15) is 16.9 Å². The van der Waals surface area contributed by atoms with Crippen molar-refractivity contribution < 1.29 is 22.8 Å². The van der Waals surface area contributed by atoms with Crippen LogP contribution in [0.15, 0.2) is 48.8 Å². The average molecular weight is 539 g/mol. The highest BCUT2D eigenvalue weighted by Gasteiger charge is 2.42. The lowest BCUT2D eigenvalue weighted by Crippen LogP contribution is -2.51. The summed E-state index contributed by atoms with van der Waals surface area (Å²) in [4.78, 5) is 33.0. The molecule has 1 N–H and O–H groups in total. The summed E-state index contributed by atoms with van der Waals surface area (Å²) in [6.45, 7) is 5.69. The summed E-state index contributed by atoms with van der Waals surface area (Å²) in [5, 5.41) is 6.68. The lowest BCUT2D eigenvalue weighted by Gasteiger charge is -2.39. The summed E-state index contributed by atoms with van der Waals surface area (Å²) >= 11 is 0. The van der Waals surface area contributed by atoms with Gasteiger partial charge in [-0.15, -0.1) is 0 Å². The van der Waals surface area contributed by atoms with E-state index in [4.69, 9.17) is 0 Å². The molecule has 5 rings (SSSR count). The van der Waals surface area contributed by atoms with Crippen LogP contribution in [0.5, 0.6) is 0 Å². The number of aryl methyl sites for hydroxylation is 4. The number of hydrogen-bond acceptors (Lipinski definition) is 4. The van der Waals surface area contributed by atoms with Gasteiger partial charge in [0, 0.05) is 50.2 Å². The number of halogens is 3. The molecule has 4 aromatic rings. The van der Waals surface area contributed by atoms with Crippen LogP contribution in [-0.2, 0) is 13.2 Å². The van der Waals surface area contributed by atoms with Crippen LogP contribution in [0.2, 0.25) is 0 Å². The fourth-order valence-corrected chi connectivity index (χ4v) is 5.52. The number of hydrogen-bond donors (Lipinski definition) is 1. The van der Waals surface area contributed by atoms with Gasteiger partial charge in [0.05, 0.1) is 11.3 Å². The molecule has 11 heteroatoms. The molecule has 0 saturated carbocycles. The number of imidazole rings is 1. The van der Waals surface area contributed by atoms with Crippen molar-refractivity contribution in [3.8, 4) is 0 Å². The number of carbonyl (C=O) groups excluding carboxylic acids is 2. The minimum Gasteiger partial charge on any atom is -0.347 e. The molecular formula is C28H29F3N6O2. The Hall–Kier alpha value is -4.15. The number of aromatic nitrogens is 4. The van der Waals surface area contributed by atoms with Gasteiger partial charge in [-0.2, -0.15) is 18.3 Å². The van der Waals surface area contributed by atoms with Gasteiger partial charge < -0.3 is 14.6 Å². The van der Waals surface area contributed by atoms with Gasteiger partial charge in [0.15, 0.2) is 0 Å². The number of amides is 2. The SMILES string of the molecule is Cc1nn(C)c(C(=O)N[C@@H]2CCN(C(=O)c3cc(C)c4ncc(C)n4c3)C[C@@H]2c2ccccc2)c1C(F)(F)F. The summed E-state index contributed by atoms with van der Waals surface area (Å²) < 4.78 is 44.1. The van der Waals surface area contributed by atoms with E-state index >= 15 is 0 Å². The first-order chi connectivity index (χ1) is 18.5. The second-order valence-corrected chi connectivity index (χ2v) is 10.1. The molecule has 0 aliphatic carbocycles. The smallest absolute Gasteiger partial charge is 0.347 e. The van der Waals surface area contributed by atoms with E-state index in [2.05, 4.69) is 15.4 Å². The highest BCUT2D eigenvalue weighted by atomic mass is 19.4. The molecule has 1 aliphatic heterocycles. The number of nitrogens with zero attached hydrogens (tertiary/aromatic N) is 5. The summed E-state index contributed by atoms with van der Waals surface area (Å²) in [5.74, 6) is -1.32. The van der Waals surface area contributed by atoms with Crippen LogP contribution >= 0.6 is 0 Å². The van der Waals surface area contributed by atoms with Crippen LogP contribution in [0.4, 0.5) is 13.2 Å². The number of nitrogens with one attached hydrogen (secondary N) is 1. The third-order valence-electron chi connectivity index (χ3n) is 7.39. The van der Waals surface area contributed by atoms with E-state index in [1.807, 2.05) is 54.6 Å². The molecule has 0 spiro atoms. The molecule has 1 aliphatic rings. The zero-order valence-corrected chi connectivity index (χ0v) is 22.1. The van der Waals surface area contributed by atoms with Crippen LogP contribution in [0.25, 0.3) is 5.65 Å². The van der Waals surface area contributed by atoms with E-state index in [0.717, 1.165) is 27.1 Å². The van der Waals surface area contributed by atoms with Crippen molar-refractivity contribution >= 4 is 17.5 Å². The van der Waals surface area contributed by atoms with E-state index in [9.17, 15) is 22.8 Å². The Morgan fingerprint density at radius 3 is 2.51 bits per heavy atom. The molecule has 1 fully saturated rings. The quantitative estimate of drug-likeness (QED) is 0.417. The largest absolute Gasteiger partial charge is 0.420 e. The molecule has 0 unspecified atom stereocenters. The topological polar surface area (TPSA) is 84.5 Å². The standard InChI is InChI=1S/C28H29F3N6O2/c1-16-12-20(14-37-17(2)13-32-25(16)37)27(39)36-11-10-22(21(15-36)19-8-6-5-7-9-19)33-26(38)24-23(28(29,30)31)18(3)34-35(24)4/h5-9,12-14,21-22H,10-11,15H2,1-4H3,(H,33,38)/t21-,22-/m1/s1. The number of carbonyl (C=O) groups is 2. The van der Waals surface area contributed by atoms with Crippen molar-refractivity contribution in [2.45, 2.75) is 45.3 Å². The van der Waals surface area contributed by atoms with Gasteiger partial charge in [0.2, 0.25) is 0 Å². The van der Waals surface area contributed by atoms with Crippen molar-refractivity contribution in [3.05, 3.63) is 88.1 Å². The predicted octanol–water partition coefficient (Wildman–Crippen LogP) is 4.44. The van der Waals surface area contributed by atoms with Crippen LogP contribution in [-0.4, -0.2) is 55.0 Å². The van der Waals surface area contributed by atoms with Gasteiger partial charge >= 0.3 is 6.18 Å². The monoisotopic (exact) mass is 538 g/mol. The van der Waals surface area contributed by atoms with Crippen LogP contribution in [0.1, 0.15) is 61.3 Å². The maximum Gasteiger partial charge on any atom is 0.420 e.